The second-order valence-corrected chi connectivity index (χ2v) is 5.80. The van der Waals surface area contributed by atoms with Crippen LogP contribution in [0, 0.1) is 5.82 Å². The number of carbonyl (C=O) groups excluding carboxylic acids is 2. The Morgan fingerprint density at radius 3 is 2.70 bits per heavy atom. The average Bonchev–Trinajstić information content (AvgIpc) is 2.52. The van der Waals surface area contributed by atoms with Gasteiger partial charge in [0, 0.05) is 22.1 Å². The highest BCUT2D eigenvalue weighted by Crippen LogP contribution is 2.15. The first-order valence-corrected chi connectivity index (χ1v) is 7.69. The summed E-state index contributed by atoms with van der Waals surface area (Å²) in [6.07, 6.45) is 0. The molecule has 0 saturated heterocycles. The van der Waals surface area contributed by atoms with Crippen LogP contribution in [0.1, 0.15) is 22.8 Å². The summed E-state index contributed by atoms with van der Waals surface area (Å²) >= 11 is 3.17. The lowest BCUT2D eigenvalue weighted by molar-refractivity contribution is -0.123. The molecule has 0 saturated carbocycles. The van der Waals surface area contributed by atoms with Crippen LogP contribution < -0.4 is 10.1 Å². The van der Waals surface area contributed by atoms with Crippen molar-refractivity contribution in [3.63, 3.8) is 0 Å². The number of halogens is 2. The van der Waals surface area contributed by atoms with Crippen LogP contribution in [0.2, 0.25) is 0 Å². The normalized spacial score (nSPS) is 10.2. The summed E-state index contributed by atoms with van der Waals surface area (Å²) in [4.78, 5) is 23.0. The van der Waals surface area contributed by atoms with Crippen molar-refractivity contribution < 1.29 is 18.7 Å². The molecule has 0 aromatic heterocycles. The van der Waals surface area contributed by atoms with Crippen LogP contribution in [0.25, 0.3) is 0 Å². The Morgan fingerprint density at radius 2 is 2.00 bits per heavy atom. The molecule has 120 valence electrons. The predicted octanol–water partition coefficient (Wildman–Crippen LogP) is 3.49. The van der Waals surface area contributed by atoms with Crippen molar-refractivity contribution in [1.82, 2.24) is 5.32 Å². The summed E-state index contributed by atoms with van der Waals surface area (Å²) < 4.78 is 19.6. The summed E-state index contributed by atoms with van der Waals surface area (Å²) in [5.41, 5.74) is 0.903. The van der Waals surface area contributed by atoms with Crippen LogP contribution in [-0.4, -0.2) is 18.3 Å². The highest BCUT2D eigenvalue weighted by Gasteiger charge is 2.07. The molecule has 0 fully saturated rings. The van der Waals surface area contributed by atoms with Crippen molar-refractivity contribution >= 4 is 27.6 Å². The van der Waals surface area contributed by atoms with E-state index in [1.54, 1.807) is 36.4 Å². The fourth-order valence-corrected chi connectivity index (χ4v) is 2.20. The molecule has 23 heavy (non-hydrogen) atoms. The van der Waals surface area contributed by atoms with Crippen LogP contribution >= 0.6 is 15.9 Å². The number of carbonyl (C=O) groups is 2. The van der Waals surface area contributed by atoms with Gasteiger partial charge >= 0.3 is 0 Å². The standard InChI is InChI=1S/C17H15BrFNO3/c1-11(21)12-3-2-4-15(7-12)23-10-17(22)20-9-13-5-6-14(18)8-16(13)19/h2-8H,9-10H2,1H3,(H,20,22). The third-order valence-corrected chi connectivity index (χ3v) is 3.59. The average molecular weight is 380 g/mol. The Hall–Kier alpha value is -2.21. The summed E-state index contributed by atoms with van der Waals surface area (Å²) in [6, 6.07) is 11.2. The van der Waals surface area contributed by atoms with E-state index in [0.29, 0.717) is 21.3 Å². The summed E-state index contributed by atoms with van der Waals surface area (Å²) in [7, 11) is 0. The number of amides is 1. The van der Waals surface area contributed by atoms with Crippen molar-refractivity contribution in [3.05, 3.63) is 63.9 Å². The van der Waals surface area contributed by atoms with Gasteiger partial charge in [-0.25, -0.2) is 4.39 Å². The zero-order valence-corrected chi connectivity index (χ0v) is 14.0. The van der Waals surface area contributed by atoms with Crippen molar-refractivity contribution in [2.24, 2.45) is 0 Å². The van der Waals surface area contributed by atoms with Crippen molar-refractivity contribution in [2.45, 2.75) is 13.5 Å². The predicted molar refractivity (Wildman–Crippen MR) is 87.9 cm³/mol. The first-order chi connectivity index (χ1) is 11.0. The Kier molecular flexibility index (Phi) is 5.87. The van der Waals surface area contributed by atoms with Gasteiger partial charge in [0.15, 0.2) is 12.4 Å². The van der Waals surface area contributed by atoms with Gasteiger partial charge in [-0.3, -0.25) is 9.59 Å². The molecular formula is C17H15BrFNO3. The smallest absolute Gasteiger partial charge is 0.258 e. The molecular weight excluding hydrogens is 365 g/mol. The van der Waals surface area contributed by atoms with Gasteiger partial charge in [-0.15, -0.1) is 0 Å². The number of hydrogen-bond donors (Lipinski definition) is 1. The molecule has 0 radical (unpaired) electrons. The zero-order chi connectivity index (χ0) is 16.8. The van der Waals surface area contributed by atoms with Gasteiger partial charge in [0.1, 0.15) is 11.6 Å². The minimum absolute atomic E-state index is 0.0781. The monoisotopic (exact) mass is 379 g/mol. The summed E-state index contributed by atoms with van der Waals surface area (Å²) in [6.45, 7) is 1.33. The van der Waals surface area contributed by atoms with E-state index in [2.05, 4.69) is 21.2 Å². The third-order valence-electron chi connectivity index (χ3n) is 3.10. The minimum atomic E-state index is -0.394. The van der Waals surface area contributed by atoms with Gasteiger partial charge in [0.25, 0.3) is 5.91 Å². The highest BCUT2D eigenvalue weighted by atomic mass is 79.9. The quantitative estimate of drug-likeness (QED) is 0.781. The molecule has 0 bridgehead atoms. The van der Waals surface area contributed by atoms with E-state index >= 15 is 0 Å². The summed E-state index contributed by atoms with van der Waals surface area (Å²) in [5.74, 6) is -0.413. The number of hydrogen-bond acceptors (Lipinski definition) is 3. The maximum atomic E-state index is 13.6. The first-order valence-electron chi connectivity index (χ1n) is 6.90. The Balaban J connectivity index is 1.85. The lowest BCUT2D eigenvalue weighted by Gasteiger charge is -2.09. The van der Waals surface area contributed by atoms with Gasteiger partial charge < -0.3 is 10.1 Å². The van der Waals surface area contributed by atoms with Crippen LogP contribution in [0.5, 0.6) is 5.75 Å². The third kappa shape index (κ3) is 5.17. The molecule has 2 rings (SSSR count). The fourth-order valence-electron chi connectivity index (χ4n) is 1.86. The van der Waals surface area contributed by atoms with E-state index in [9.17, 15) is 14.0 Å². The SMILES string of the molecule is CC(=O)c1cccc(OCC(=O)NCc2ccc(Br)cc2F)c1. The second kappa shape index (κ2) is 7.87. The van der Waals surface area contributed by atoms with E-state index in [0.717, 1.165) is 0 Å². The molecule has 0 aliphatic heterocycles. The number of rotatable bonds is 6. The maximum absolute atomic E-state index is 13.6. The topological polar surface area (TPSA) is 55.4 Å². The van der Waals surface area contributed by atoms with Crippen LogP contribution in [0.4, 0.5) is 4.39 Å². The second-order valence-electron chi connectivity index (χ2n) is 4.89. The molecule has 0 atom stereocenters. The van der Waals surface area contributed by atoms with Crippen LogP contribution in [0.3, 0.4) is 0 Å². The van der Waals surface area contributed by atoms with Crippen molar-refractivity contribution in [3.8, 4) is 5.75 Å². The Morgan fingerprint density at radius 1 is 1.22 bits per heavy atom. The number of nitrogens with one attached hydrogen (secondary N) is 1. The largest absolute Gasteiger partial charge is 0.484 e. The van der Waals surface area contributed by atoms with E-state index in [-0.39, 0.29) is 24.8 Å². The van der Waals surface area contributed by atoms with E-state index < -0.39 is 5.82 Å². The number of ketones is 1. The summed E-state index contributed by atoms with van der Waals surface area (Å²) in [5, 5.41) is 2.58. The van der Waals surface area contributed by atoms with Gasteiger partial charge in [0.2, 0.25) is 0 Å². The first kappa shape index (κ1) is 17.1. The van der Waals surface area contributed by atoms with Crippen molar-refractivity contribution in [1.29, 1.82) is 0 Å². The van der Waals surface area contributed by atoms with E-state index in [1.807, 2.05) is 0 Å². The fraction of sp³-hybridized carbons (Fsp3) is 0.176. The van der Waals surface area contributed by atoms with Crippen LogP contribution in [-0.2, 0) is 11.3 Å². The molecule has 0 aliphatic carbocycles. The Labute approximate surface area is 141 Å². The van der Waals surface area contributed by atoms with Crippen molar-refractivity contribution in [2.75, 3.05) is 6.61 Å². The number of ether oxygens (including phenoxy) is 1. The zero-order valence-electron chi connectivity index (χ0n) is 12.4. The van der Waals surface area contributed by atoms with Gasteiger partial charge in [-0.05, 0) is 31.2 Å². The minimum Gasteiger partial charge on any atom is -0.484 e. The van der Waals surface area contributed by atoms with E-state index in [1.165, 1.54) is 13.0 Å². The molecule has 0 aliphatic rings. The molecule has 2 aromatic rings. The molecule has 1 N–H and O–H groups in total. The molecule has 0 heterocycles. The molecule has 6 heteroatoms. The van der Waals surface area contributed by atoms with Gasteiger partial charge in [-0.1, -0.05) is 34.1 Å². The number of Topliss-reactive ketones (excluding diaryl/α,β-unsaturated/α-hetero) is 1. The molecule has 1 amide bonds. The molecule has 4 nitrogen and oxygen atoms in total. The highest BCUT2D eigenvalue weighted by molar-refractivity contribution is 9.10. The number of benzene rings is 2. The maximum Gasteiger partial charge on any atom is 0.258 e. The Bertz CT molecular complexity index is 734. The lowest BCUT2D eigenvalue weighted by Crippen LogP contribution is -2.28. The lowest BCUT2D eigenvalue weighted by atomic mass is 10.1. The molecule has 0 spiro atoms. The van der Waals surface area contributed by atoms with Gasteiger partial charge in [-0.2, -0.15) is 0 Å². The molecule has 2 aromatic carbocycles. The van der Waals surface area contributed by atoms with Crippen LogP contribution in [0.15, 0.2) is 46.9 Å². The molecule has 0 unspecified atom stereocenters. The van der Waals surface area contributed by atoms with Gasteiger partial charge in [0.05, 0.1) is 0 Å². The van der Waals surface area contributed by atoms with E-state index in [4.69, 9.17) is 4.74 Å².